The predicted octanol–water partition coefficient (Wildman–Crippen LogP) is 2.81. The fourth-order valence-corrected chi connectivity index (χ4v) is 2.51. The van der Waals surface area contributed by atoms with E-state index in [1.165, 1.54) is 5.56 Å². The highest BCUT2D eigenvalue weighted by molar-refractivity contribution is 9.10. The molecule has 0 fully saturated rings. The van der Waals surface area contributed by atoms with Crippen LogP contribution in [0.1, 0.15) is 5.56 Å². The summed E-state index contributed by atoms with van der Waals surface area (Å²) in [6.45, 7) is 3.18. The van der Waals surface area contributed by atoms with E-state index in [4.69, 9.17) is 0 Å². The molecule has 14 heavy (non-hydrogen) atoms. The van der Waals surface area contributed by atoms with Gasteiger partial charge in [0, 0.05) is 23.0 Å². The van der Waals surface area contributed by atoms with Gasteiger partial charge in [-0.2, -0.15) is 0 Å². The first-order valence-electron chi connectivity index (χ1n) is 4.49. The zero-order valence-corrected chi connectivity index (χ0v) is 11.2. The van der Waals surface area contributed by atoms with Gasteiger partial charge in [0.15, 0.2) is 0 Å². The minimum atomic E-state index is 1.05. The topological polar surface area (TPSA) is 16.1 Å². The molecule has 0 unspecified atom stereocenters. The Morgan fingerprint density at radius 3 is 2.79 bits per heavy atom. The van der Waals surface area contributed by atoms with Crippen LogP contribution in [-0.4, -0.2) is 36.3 Å². The van der Waals surface area contributed by atoms with Crippen molar-refractivity contribution in [2.24, 2.45) is 0 Å². The predicted molar refractivity (Wildman–Crippen MR) is 66.0 cm³/mol. The molecule has 4 heteroatoms. The second kappa shape index (κ2) is 5.73. The summed E-state index contributed by atoms with van der Waals surface area (Å²) in [4.78, 5) is 6.55. The molecular formula is C10H15BrN2S. The van der Waals surface area contributed by atoms with Crippen molar-refractivity contribution in [3.05, 3.63) is 22.3 Å². The molecule has 0 atom stereocenters. The molecule has 2 nitrogen and oxygen atoms in total. The van der Waals surface area contributed by atoms with Gasteiger partial charge in [0.25, 0.3) is 0 Å². The van der Waals surface area contributed by atoms with Crippen LogP contribution in [0.3, 0.4) is 0 Å². The molecule has 0 amide bonds. The summed E-state index contributed by atoms with van der Waals surface area (Å²) in [5, 5.41) is 1.13. The quantitative estimate of drug-likeness (QED) is 0.786. The maximum absolute atomic E-state index is 4.37. The Morgan fingerprint density at radius 1 is 1.50 bits per heavy atom. The van der Waals surface area contributed by atoms with E-state index in [1.54, 1.807) is 0 Å². The molecule has 0 bridgehead atoms. The Labute approximate surface area is 98.2 Å². The van der Waals surface area contributed by atoms with E-state index >= 15 is 0 Å². The van der Waals surface area contributed by atoms with Gasteiger partial charge < -0.3 is 4.90 Å². The fourth-order valence-electron chi connectivity index (χ4n) is 1.00. The molecule has 0 N–H and O–H groups in total. The third kappa shape index (κ3) is 3.98. The number of thioether (sulfide) groups is 1. The molecular weight excluding hydrogens is 260 g/mol. The minimum absolute atomic E-state index is 1.05. The molecule has 0 radical (unpaired) electrons. The lowest BCUT2D eigenvalue weighted by molar-refractivity contribution is 0.437. The molecule has 78 valence electrons. The second-order valence-electron chi connectivity index (χ2n) is 3.43. The van der Waals surface area contributed by atoms with Gasteiger partial charge in [0.1, 0.15) is 0 Å². The summed E-state index contributed by atoms with van der Waals surface area (Å²) in [6.07, 6.45) is 1.85. The zero-order chi connectivity index (χ0) is 10.6. The Hall–Kier alpha value is -0.0600. The van der Waals surface area contributed by atoms with E-state index in [0.717, 1.165) is 21.8 Å². The highest BCUT2D eigenvalue weighted by atomic mass is 79.9. The zero-order valence-electron chi connectivity index (χ0n) is 8.75. The van der Waals surface area contributed by atoms with E-state index in [1.807, 2.05) is 18.0 Å². The lowest BCUT2D eigenvalue weighted by atomic mass is 10.3. The van der Waals surface area contributed by atoms with Crippen molar-refractivity contribution in [1.82, 2.24) is 9.88 Å². The normalized spacial score (nSPS) is 10.9. The molecule has 1 rings (SSSR count). The van der Waals surface area contributed by atoms with Crippen LogP contribution < -0.4 is 0 Å². The monoisotopic (exact) mass is 274 g/mol. The van der Waals surface area contributed by atoms with Crippen LogP contribution in [0.15, 0.2) is 21.8 Å². The van der Waals surface area contributed by atoms with Crippen molar-refractivity contribution in [2.45, 2.75) is 11.9 Å². The average Bonchev–Trinajstić information content (AvgIpc) is 2.08. The first-order valence-corrected chi connectivity index (χ1v) is 6.27. The van der Waals surface area contributed by atoms with Crippen LogP contribution in [0, 0.1) is 6.92 Å². The van der Waals surface area contributed by atoms with Gasteiger partial charge >= 0.3 is 0 Å². The van der Waals surface area contributed by atoms with Crippen molar-refractivity contribution in [3.8, 4) is 0 Å². The number of hydrogen-bond acceptors (Lipinski definition) is 3. The lowest BCUT2D eigenvalue weighted by Gasteiger charge is -2.09. The fraction of sp³-hybridized carbons (Fsp3) is 0.500. The van der Waals surface area contributed by atoms with Crippen LogP contribution in [0.25, 0.3) is 0 Å². The van der Waals surface area contributed by atoms with Crippen molar-refractivity contribution in [2.75, 3.05) is 26.4 Å². The minimum Gasteiger partial charge on any atom is -0.309 e. The van der Waals surface area contributed by atoms with E-state index in [0.29, 0.717) is 0 Å². The van der Waals surface area contributed by atoms with E-state index < -0.39 is 0 Å². The first kappa shape index (κ1) is 12.0. The molecule has 0 aromatic carbocycles. The highest BCUT2D eigenvalue weighted by Crippen LogP contribution is 2.22. The number of hydrogen-bond donors (Lipinski definition) is 0. The summed E-state index contributed by atoms with van der Waals surface area (Å²) in [5.41, 5.74) is 1.24. The average molecular weight is 275 g/mol. The van der Waals surface area contributed by atoms with E-state index in [2.05, 4.69) is 52.9 Å². The number of aryl methyl sites for hydroxylation is 1. The number of halogens is 1. The third-order valence-corrected chi connectivity index (χ3v) is 3.30. The largest absolute Gasteiger partial charge is 0.309 e. The standard InChI is InChI=1S/C10H15BrN2S/c1-8-6-9(11)7-12-10(8)14-5-4-13(2)3/h6-7H,4-5H2,1-3H3. The maximum Gasteiger partial charge on any atom is 0.0990 e. The van der Waals surface area contributed by atoms with E-state index in [-0.39, 0.29) is 0 Å². The first-order chi connectivity index (χ1) is 6.59. The van der Waals surface area contributed by atoms with Gasteiger partial charge in [0.05, 0.1) is 5.03 Å². The Balaban J connectivity index is 2.51. The number of nitrogens with zero attached hydrogens (tertiary/aromatic N) is 2. The van der Waals surface area contributed by atoms with Crippen LogP contribution in [0.5, 0.6) is 0 Å². The van der Waals surface area contributed by atoms with Crippen molar-refractivity contribution in [3.63, 3.8) is 0 Å². The van der Waals surface area contributed by atoms with Gasteiger partial charge in [-0.1, -0.05) is 0 Å². The van der Waals surface area contributed by atoms with Crippen LogP contribution in [-0.2, 0) is 0 Å². The Morgan fingerprint density at radius 2 is 2.21 bits per heavy atom. The summed E-state index contributed by atoms with van der Waals surface area (Å²) in [7, 11) is 4.17. The highest BCUT2D eigenvalue weighted by Gasteiger charge is 2.01. The smallest absolute Gasteiger partial charge is 0.0990 e. The molecule has 1 aromatic rings. The van der Waals surface area contributed by atoms with Crippen molar-refractivity contribution < 1.29 is 0 Å². The second-order valence-corrected chi connectivity index (χ2v) is 5.43. The Bertz CT molecular complexity index is 302. The summed E-state index contributed by atoms with van der Waals surface area (Å²) in [6, 6.07) is 2.10. The maximum atomic E-state index is 4.37. The molecule has 0 aliphatic heterocycles. The third-order valence-electron chi connectivity index (χ3n) is 1.77. The van der Waals surface area contributed by atoms with Gasteiger partial charge in [-0.3, -0.25) is 0 Å². The van der Waals surface area contributed by atoms with Gasteiger partial charge in [-0.05, 0) is 48.6 Å². The summed E-state index contributed by atoms with van der Waals surface area (Å²) in [5.74, 6) is 1.09. The molecule has 0 aliphatic rings. The van der Waals surface area contributed by atoms with Crippen LogP contribution in [0.4, 0.5) is 0 Å². The van der Waals surface area contributed by atoms with Gasteiger partial charge in [-0.25, -0.2) is 4.98 Å². The molecule has 1 aromatic heterocycles. The molecule has 0 aliphatic carbocycles. The van der Waals surface area contributed by atoms with E-state index in [9.17, 15) is 0 Å². The number of aromatic nitrogens is 1. The molecule has 0 saturated heterocycles. The van der Waals surface area contributed by atoms with Gasteiger partial charge in [-0.15, -0.1) is 11.8 Å². The Kier molecular flexibility index (Phi) is 4.92. The summed E-state index contributed by atoms with van der Waals surface area (Å²) < 4.78 is 1.05. The van der Waals surface area contributed by atoms with Crippen LogP contribution >= 0.6 is 27.7 Å². The lowest BCUT2D eigenvalue weighted by Crippen LogP contribution is -2.14. The SMILES string of the molecule is Cc1cc(Br)cnc1SCCN(C)C. The number of pyridine rings is 1. The number of rotatable bonds is 4. The molecule has 1 heterocycles. The van der Waals surface area contributed by atoms with Crippen LogP contribution in [0.2, 0.25) is 0 Å². The van der Waals surface area contributed by atoms with Crippen molar-refractivity contribution in [1.29, 1.82) is 0 Å². The van der Waals surface area contributed by atoms with Gasteiger partial charge in [0.2, 0.25) is 0 Å². The molecule has 0 saturated carbocycles. The summed E-state index contributed by atoms with van der Waals surface area (Å²) >= 11 is 5.22. The van der Waals surface area contributed by atoms with Crippen molar-refractivity contribution >= 4 is 27.7 Å². The molecule has 0 spiro atoms.